The largest absolute Gasteiger partial charge is 0.387 e. The maximum atomic E-state index is 6.07. The Kier molecular flexibility index (Phi) is 3.66. The van der Waals surface area contributed by atoms with Crippen molar-refractivity contribution in [1.82, 2.24) is 0 Å². The van der Waals surface area contributed by atoms with Gasteiger partial charge in [0, 0.05) is 16.8 Å². The molecule has 2 unspecified atom stereocenters. The van der Waals surface area contributed by atoms with Crippen molar-refractivity contribution in [3.05, 3.63) is 0 Å². The summed E-state index contributed by atoms with van der Waals surface area (Å²) in [7, 11) is 0. The molecule has 14 heavy (non-hydrogen) atoms. The molecule has 1 saturated carbocycles. The quantitative estimate of drug-likeness (QED) is 0.596. The third-order valence-corrected chi connectivity index (χ3v) is 5.90. The average Bonchev–Trinajstić information content (AvgIpc) is 3.01. The van der Waals surface area contributed by atoms with E-state index in [1.54, 1.807) is 0 Å². The molecule has 0 aromatic carbocycles. The van der Waals surface area contributed by atoms with Crippen molar-refractivity contribution >= 4 is 29.4 Å². The minimum Gasteiger partial charge on any atom is -0.387 e. The average molecular weight is 230 g/mol. The number of nitrogens with zero attached hydrogens (tertiary/aromatic N) is 1. The van der Waals surface area contributed by atoms with E-state index >= 15 is 0 Å². The highest BCUT2D eigenvalue weighted by molar-refractivity contribution is 8.07. The van der Waals surface area contributed by atoms with Crippen molar-refractivity contribution < 1.29 is 0 Å². The second-order valence-corrected chi connectivity index (χ2v) is 6.49. The van der Waals surface area contributed by atoms with Gasteiger partial charge in [-0.1, -0.05) is 6.92 Å². The van der Waals surface area contributed by atoms with Gasteiger partial charge in [0.2, 0.25) is 0 Å². The van der Waals surface area contributed by atoms with Gasteiger partial charge in [0.15, 0.2) is 0 Å². The molecule has 2 fully saturated rings. The summed E-state index contributed by atoms with van der Waals surface area (Å²) in [6.45, 7) is 2.25. The first kappa shape index (κ1) is 10.7. The van der Waals surface area contributed by atoms with Gasteiger partial charge < -0.3 is 5.73 Å². The minimum atomic E-state index is 0.486. The van der Waals surface area contributed by atoms with Gasteiger partial charge in [0.05, 0.1) is 11.3 Å². The van der Waals surface area contributed by atoms with E-state index in [9.17, 15) is 0 Å². The Morgan fingerprint density at radius 3 is 2.71 bits per heavy atom. The Bertz CT molecular complexity index is 226. The van der Waals surface area contributed by atoms with Crippen LogP contribution in [0.4, 0.5) is 0 Å². The van der Waals surface area contributed by atoms with Crippen LogP contribution in [0.1, 0.15) is 26.2 Å². The number of thioether (sulfide) groups is 2. The molecule has 2 atom stereocenters. The van der Waals surface area contributed by atoms with E-state index in [-0.39, 0.29) is 0 Å². The monoisotopic (exact) mass is 230 g/mol. The van der Waals surface area contributed by atoms with E-state index in [0.717, 1.165) is 5.84 Å². The SMILES string of the molecule is CCC1SCCSC1C(N)=NC1CC1. The van der Waals surface area contributed by atoms with Gasteiger partial charge >= 0.3 is 0 Å². The van der Waals surface area contributed by atoms with E-state index in [1.807, 2.05) is 11.8 Å². The summed E-state index contributed by atoms with van der Waals surface area (Å²) >= 11 is 4.06. The summed E-state index contributed by atoms with van der Waals surface area (Å²) in [5, 5.41) is 1.18. The molecule has 0 aromatic rings. The second-order valence-electron chi connectivity index (χ2n) is 3.89. The van der Waals surface area contributed by atoms with Crippen LogP contribution in [0.5, 0.6) is 0 Å². The summed E-state index contributed by atoms with van der Waals surface area (Å²) in [4.78, 5) is 4.57. The van der Waals surface area contributed by atoms with E-state index in [4.69, 9.17) is 5.73 Å². The highest BCUT2D eigenvalue weighted by atomic mass is 32.2. The molecule has 2 rings (SSSR count). The first-order valence-corrected chi connectivity index (χ1v) is 7.47. The third kappa shape index (κ3) is 2.60. The number of nitrogens with two attached hydrogens (primary N) is 1. The van der Waals surface area contributed by atoms with Gasteiger partial charge in [-0.15, -0.1) is 11.8 Å². The maximum Gasteiger partial charge on any atom is 0.108 e. The van der Waals surface area contributed by atoms with Crippen LogP contribution >= 0.6 is 23.5 Å². The second kappa shape index (κ2) is 4.79. The summed E-state index contributed by atoms with van der Waals surface area (Å²) < 4.78 is 0. The molecular weight excluding hydrogens is 212 g/mol. The molecule has 1 heterocycles. The molecule has 0 bridgehead atoms. The lowest BCUT2D eigenvalue weighted by atomic mass is 10.2. The van der Waals surface area contributed by atoms with Crippen LogP contribution in [0.2, 0.25) is 0 Å². The molecule has 0 amide bonds. The highest BCUT2D eigenvalue weighted by Gasteiger charge is 2.30. The Balaban J connectivity index is 1.98. The number of rotatable bonds is 3. The summed E-state index contributed by atoms with van der Waals surface area (Å²) in [5.41, 5.74) is 6.07. The number of aliphatic imine (C=N–C) groups is 1. The Hall–Kier alpha value is 0.170. The molecule has 0 spiro atoms. The van der Waals surface area contributed by atoms with Gasteiger partial charge in [-0.05, 0) is 19.3 Å². The molecule has 80 valence electrons. The van der Waals surface area contributed by atoms with Crippen LogP contribution < -0.4 is 5.73 Å². The van der Waals surface area contributed by atoms with Gasteiger partial charge in [0.25, 0.3) is 0 Å². The standard InChI is InChI=1S/C10H18N2S2/c1-2-8-9(14-6-5-13-8)10(11)12-7-3-4-7/h7-9H,2-6H2,1H3,(H2,11,12). The van der Waals surface area contributed by atoms with Crippen molar-refractivity contribution in [1.29, 1.82) is 0 Å². The molecule has 4 heteroatoms. The van der Waals surface area contributed by atoms with Gasteiger partial charge in [-0.2, -0.15) is 11.8 Å². The smallest absolute Gasteiger partial charge is 0.108 e. The summed E-state index contributed by atoms with van der Waals surface area (Å²) in [5.74, 6) is 3.42. The fourth-order valence-corrected chi connectivity index (χ4v) is 4.65. The lowest BCUT2D eigenvalue weighted by Gasteiger charge is -2.29. The van der Waals surface area contributed by atoms with E-state index in [1.165, 1.54) is 30.8 Å². The molecule has 1 aliphatic carbocycles. The zero-order valence-electron chi connectivity index (χ0n) is 8.61. The molecule has 2 aliphatic rings. The van der Waals surface area contributed by atoms with E-state index < -0.39 is 0 Å². The minimum absolute atomic E-state index is 0.486. The van der Waals surface area contributed by atoms with Crippen LogP contribution in [0.15, 0.2) is 4.99 Å². The van der Waals surface area contributed by atoms with Crippen LogP contribution in [0.3, 0.4) is 0 Å². The van der Waals surface area contributed by atoms with Crippen molar-refractivity contribution in [2.75, 3.05) is 11.5 Å². The predicted octanol–water partition coefficient (Wildman–Crippen LogP) is 2.13. The fourth-order valence-electron chi connectivity index (χ4n) is 1.66. The zero-order chi connectivity index (χ0) is 9.97. The first-order chi connectivity index (χ1) is 6.81. The van der Waals surface area contributed by atoms with E-state index in [0.29, 0.717) is 16.5 Å². The molecule has 0 aromatic heterocycles. The molecule has 2 N–H and O–H groups in total. The normalized spacial score (nSPS) is 34.5. The van der Waals surface area contributed by atoms with Crippen LogP contribution in [-0.4, -0.2) is 33.9 Å². The Morgan fingerprint density at radius 2 is 2.07 bits per heavy atom. The van der Waals surface area contributed by atoms with Gasteiger partial charge in [-0.25, -0.2) is 0 Å². The maximum absolute atomic E-state index is 6.07. The predicted molar refractivity (Wildman–Crippen MR) is 67.4 cm³/mol. The van der Waals surface area contributed by atoms with Gasteiger partial charge in [-0.3, -0.25) is 4.99 Å². The van der Waals surface area contributed by atoms with Crippen LogP contribution in [0, 0.1) is 0 Å². The Labute approximate surface area is 94.5 Å². The third-order valence-electron chi connectivity index (χ3n) is 2.62. The number of amidine groups is 1. The lowest BCUT2D eigenvalue weighted by molar-refractivity contribution is 0.852. The van der Waals surface area contributed by atoms with Gasteiger partial charge in [0.1, 0.15) is 5.84 Å². The molecule has 0 radical (unpaired) electrons. The topological polar surface area (TPSA) is 38.4 Å². The molecule has 1 saturated heterocycles. The number of hydrogen-bond acceptors (Lipinski definition) is 3. The number of hydrogen-bond donors (Lipinski definition) is 1. The van der Waals surface area contributed by atoms with Crippen LogP contribution in [-0.2, 0) is 0 Å². The molecule has 2 nitrogen and oxygen atoms in total. The van der Waals surface area contributed by atoms with Crippen molar-refractivity contribution in [3.8, 4) is 0 Å². The zero-order valence-corrected chi connectivity index (χ0v) is 10.2. The summed E-state index contributed by atoms with van der Waals surface area (Å²) in [6, 6.07) is 0.569. The van der Waals surface area contributed by atoms with Crippen molar-refractivity contribution in [2.45, 2.75) is 42.7 Å². The van der Waals surface area contributed by atoms with E-state index in [2.05, 4.69) is 23.7 Å². The first-order valence-electron chi connectivity index (χ1n) is 5.37. The fraction of sp³-hybridized carbons (Fsp3) is 0.900. The lowest BCUT2D eigenvalue weighted by Crippen LogP contribution is -2.38. The Morgan fingerprint density at radius 1 is 1.36 bits per heavy atom. The van der Waals surface area contributed by atoms with Crippen molar-refractivity contribution in [2.24, 2.45) is 10.7 Å². The van der Waals surface area contributed by atoms with Crippen molar-refractivity contribution in [3.63, 3.8) is 0 Å². The molecular formula is C10H18N2S2. The van der Waals surface area contributed by atoms with Crippen LogP contribution in [0.25, 0.3) is 0 Å². The molecule has 1 aliphatic heterocycles. The summed E-state index contributed by atoms with van der Waals surface area (Å²) in [6.07, 6.45) is 3.72. The highest BCUT2D eigenvalue weighted by Crippen LogP contribution is 2.34.